The summed E-state index contributed by atoms with van der Waals surface area (Å²) in [6.45, 7) is 14.4. The van der Waals surface area contributed by atoms with Gasteiger partial charge >= 0.3 is 0 Å². The van der Waals surface area contributed by atoms with Gasteiger partial charge in [-0.3, -0.25) is 4.90 Å². The second-order valence-electron chi connectivity index (χ2n) is 14.5. The molecule has 1 nitrogen and oxygen atoms in total. The van der Waals surface area contributed by atoms with Gasteiger partial charge in [-0.15, -0.1) is 0 Å². The summed E-state index contributed by atoms with van der Waals surface area (Å²) in [4.78, 5) is 3.14. The normalized spacial score (nSPS) is 44.3. The highest BCUT2D eigenvalue weighted by molar-refractivity contribution is 5.25. The molecule has 2 saturated heterocycles. The van der Waals surface area contributed by atoms with Crippen LogP contribution in [0.3, 0.4) is 0 Å². The van der Waals surface area contributed by atoms with E-state index in [9.17, 15) is 0 Å². The zero-order chi connectivity index (χ0) is 23.5. The molecule has 6 unspecified atom stereocenters. The Kier molecular flexibility index (Phi) is 8.62. The molecular weight excluding hydrogens is 398 g/mol. The summed E-state index contributed by atoms with van der Waals surface area (Å²) in [5, 5.41) is 0. The predicted molar refractivity (Wildman–Crippen MR) is 145 cm³/mol. The molecule has 6 atom stereocenters. The number of hydrogen-bond acceptors (Lipinski definition) is 1. The van der Waals surface area contributed by atoms with Gasteiger partial charge in [-0.25, -0.2) is 0 Å². The Bertz CT molecular complexity index is 604. The fourth-order valence-electron chi connectivity index (χ4n) is 9.05. The van der Waals surface area contributed by atoms with E-state index in [0.29, 0.717) is 16.4 Å². The molecule has 0 amide bonds. The largest absolute Gasteiger partial charge is 0.294 e. The molecule has 0 aromatic rings. The maximum absolute atomic E-state index is 3.14. The molecule has 0 spiro atoms. The van der Waals surface area contributed by atoms with E-state index in [-0.39, 0.29) is 0 Å². The van der Waals surface area contributed by atoms with E-state index in [1.807, 2.05) is 0 Å². The Morgan fingerprint density at radius 1 is 0.606 bits per heavy atom. The van der Waals surface area contributed by atoms with Gasteiger partial charge in [0.1, 0.15) is 0 Å². The van der Waals surface area contributed by atoms with Crippen molar-refractivity contribution < 1.29 is 0 Å². The third-order valence-corrected chi connectivity index (χ3v) is 11.5. The molecule has 1 heteroatoms. The molecule has 2 saturated carbocycles. The minimum absolute atomic E-state index is 0.500. The molecule has 4 rings (SSSR count). The van der Waals surface area contributed by atoms with E-state index in [1.165, 1.54) is 129 Å². The van der Waals surface area contributed by atoms with Gasteiger partial charge < -0.3 is 0 Å². The molecule has 0 bridgehead atoms. The van der Waals surface area contributed by atoms with E-state index in [1.54, 1.807) is 0 Å². The van der Waals surface area contributed by atoms with Crippen LogP contribution in [0, 0.1) is 28.6 Å². The number of rotatable bonds is 0. The molecule has 0 N–H and O–H groups in total. The van der Waals surface area contributed by atoms with Gasteiger partial charge in [0.25, 0.3) is 0 Å². The molecule has 0 radical (unpaired) electrons. The molecule has 0 aromatic carbocycles. The minimum atomic E-state index is 0.500. The van der Waals surface area contributed by atoms with Crippen molar-refractivity contribution in [3.8, 4) is 0 Å². The summed E-state index contributed by atoms with van der Waals surface area (Å²) in [5.74, 6) is 2.93. The van der Waals surface area contributed by atoms with Crippen molar-refractivity contribution in [2.45, 2.75) is 168 Å². The van der Waals surface area contributed by atoms with Crippen LogP contribution in [0.2, 0.25) is 0 Å². The lowest BCUT2D eigenvalue weighted by Gasteiger charge is -2.53. The first-order valence-corrected chi connectivity index (χ1v) is 15.5. The molecule has 2 aliphatic heterocycles. The minimum Gasteiger partial charge on any atom is -0.294 e. The summed E-state index contributed by atoms with van der Waals surface area (Å²) >= 11 is 0. The summed E-state index contributed by atoms with van der Waals surface area (Å²) in [6.07, 6.45) is 28.1. The van der Waals surface area contributed by atoms with Crippen molar-refractivity contribution in [2.24, 2.45) is 28.6 Å². The summed E-state index contributed by atoms with van der Waals surface area (Å²) in [5.41, 5.74) is 1.66. The van der Waals surface area contributed by atoms with E-state index in [2.05, 4.69) is 39.5 Å². The van der Waals surface area contributed by atoms with Crippen molar-refractivity contribution >= 4 is 0 Å². The van der Waals surface area contributed by atoms with E-state index >= 15 is 0 Å². The standard InChI is InChI=1S/C32H59N/c1-26-17-9-6-7-10-19-27-28(20-13-12-18-26)31(4)25-32(31,5)33-24-16-15-23-30(2,3)22-14-8-11-21-29(27)33/h26-29H,6-25H2,1-5H3. The SMILES string of the molecule is CC1CCCCCCC2C3CCCCCC(C)(C)CCCCN3C3(C)CC3(C)C2CCCC1. The van der Waals surface area contributed by atoms with Crippen LogP contribution in [-0.2, 0) is 0 Å². The van der Waals surface area contributed by atoms with Crippen LogP contribution in [-0.4, -0.2) is 23.0 Å². The summed E-state index contributed by atoms with van der Waals surface area (Å²) in [6, 6.07) is 0.882. The third-order valence-electron chi connectivity index (χ3n) is 11.5. The van der Waals surface area contributed by atoms with E-state index in [0.717, 1.165) is 23.8 Å². The lowest BCUT2D eigenvalue weighted by molar-refractivity contribution is -0.0464. The van der Waals surface area contributed by atoms with Crippen molar-refractivity contribution in [3.63, 3.8) is 0 Å². The van der Waals surface area contributed by atoms with Gasteiger partial charge in [-0.1, -0.05) is 105 Å². The number of piperidine rings is 1. The fraction of sp³-hybridized carbons (Fsp3) is 1.00. The second-order valence-corrected chi connectivity index (χ2v) is 14.5. The van der Waals surface area contributed by atoms with Crippen molar-refractivity contribution in [1.29, 1.82) is 0 Å². The van der Waals surface area contributed by atoms with Crippen LogP contribution < -0.4 is 0 Å². The zero-order valence-corrected chi connectivity index (χ0v) is 23.4. The van der Waals surface area contributed by atoms with Gasteiger partial charge in [0.2, 0.25) is 0 Å². The zero-order valence-electron chi connectivity index (χ0n) is 23.4. The van der Waals surface area contributed by atoms with Crippen LogP contribution in [0.25, 0.3) is 0 Å². The van der Waals surface area contributed by atoms with E-state index in [4.69, 9.17) is 0 Å². The molecule has 2 heterocycles. The highest BCUT2D eigenvalue weighted by Crippen LogP contribution is 2.71. The Labute approximate surface area is 208 Å². The van der Waals surface area contributed by atoms with Gasteiger partial charge in [0, 0.05) is 11.6 Å². The lowest BCUT2D eigenvalue weighted by atomic mass is 9.65. The Morgan fingerprint density at radius 2 is 1.18 bits per heavy atom. The van der Waals surface area contributed by atoms with Crippen LogP contribution in [0.1, 0.15) is 157 Å². The van der Waals surface area contributed by atoms with Gasteiger partial charge in [-0.2, -0.15) is 0 Å². The molecule has 33 heavy (non-hydrogen) atoms. The maximum Gasteiger partial charge on any atom is 0.0247 e. The molecule has 192 valence electrons. The predicted octanol–water partition coefficient (Wildman–Crippen LogP) is 9.78. The smallest absolute Gasteiger partial charge is 0.0247 e. The topological polar surface area (TPSA) is 3.24 Å². The van der Waals surface area contributed by atoms with Gasteiger partial charge in [-0.05, 0) is 87.0 Å². The Hall–Kier alpha value is -0.0400. The van der Waals surface area contributed by atoms with Gasteiger partial charge in [0.05, 0.1) is 0 Å². The fourth-order valence-corrected chi connectivity index (χ4v) is 9.05. The molecular formula is C32H59N. The molecule has 2 aliphatic carbocycles. The highest BCUT2D eigenvalue weighted by Gasteiger charge is 2.72. The average molecular weight is 458 g/mol. The van der Waals surface area contributed by atoms with Crippen LogP contribution in [0.15, 0.2) is 0 Å². The molecule has 4 aliphatic rings. The first-order chi connectivity index (χ1) is 15.8. The van der Waals surface area contributed by atoms with Crippen molar-refractivity contribution in [1.82, 2.24) is 4.90 Å². The number of fused-ring (bicyclic) bond motifs is 6. The van der Waals surface area contributed by atoms with Crippen LogP contribution >= 0.6 is 0 Å². The molecule has 0 aromatic heterocycles. The van der Waals surface area contributed by atoms with Crippen molar-refractivity contribution in [3.05, 3.63) is 0 Å². The van der Waals surface area contributed by atoms with Gasteiger partial charge in [0.15, 0.2) is 0 Å². The summed E-state index contributed by atoms with van der Waals surface area (Å²) < 4.78 is 0. The number of nitrogens with zero attached hydrogens (tertiary/aromatic N) is 1. The Morgan fingerprint density at radius 3 is 1.94 bits per heavy atom. The molecule has 4 fully saturated rings. The first-order valence-electron chi connectivity index (χ1n) is 15.5. The van der Waals surface area contributed by atoms with Crippen LogP contribution in [0.4, 0.5) is 0 Å². The lowest BCUT2D eigenvalue weighted by Crippen LogP contribution is -2.57. The van der Waals surface area contributed by atoms with Crippen LogP contribution in [0.5, 0.6) is 0 Å². The second kappa shape index (κ2) is 10.9. The average Bonchev–Trinajstić information content (AvgIpc) is 3.33. The first kappa shape index (κ1) is 26.0. The maximum atomic E-state index is 3.14. The third kappa shape index (κ3) is 5.86. The number of hydrogen-bond donors (Lipinski definition) is 0. The highest BCUT2D eigenvalue weighted by atomic mass is 15.3. The summed E-state index contributed by atoms with van der Waals surface area (Å²) in [7, 11) is 0. The quantitative estimate of drug-likeness (QED) is 0.350. The monoisotopic (exact) mass is 457 g/mol. The van der Waals surface area contributed by atoms with E-state index < -0.39 is 0 Å². The Balaban J connectivity index is 1.53. The van der Waals surface area contributed by atoms with Crippen molar-refractivity contribution in [2.75, 3.05) is 6.54 Å².